The number of nitrogens with zero attached hydrogens (tertiary/aromatic N) is 2. The number of likely N-dealkylation sites (tertiary alicyclic amines) is 2. The van der Waals surface area contributed by atoms with E-state index >= 15 is 0 Å². The first-order valence-electron chi connectivity index (χ1n) is 9.03. The zero-order valence-electron chi connectivity index (χ0n) is 14.6. The van der Waals surface area contributed by atoms with Crippen molar-refractivity contribution in [1.82, 2.24) is 9.80 Å². The second-order valence-electron chi connectivity index (χ2n) is 7.24. The van der Waals surface area contributed by atoms with Gasteiger partial charge >= 0.3 is 0 Å². The minimum atomic E-state index is 0.0282. The van der Waals surface area contributed by atoms with E-state index in [-0.39, 0.29) is 5.54 Å². The zero-order valence-corrected chi connectivity index (χ0v) is 14.6. The molecule has 2 atom stereocenters. The first-order chi connectivity index (χ1) is 11.6. The Morgan fingerprint density at radius 1 is 1.25 bits per heavy atom. The van der Waals surface area contributed by atoms with E-state index in [1.54, 1.807) is 0 Å². The van der Waals surface area contributed by atoms with Gasteiger partial charge in [-0.15, -0.1) is 0 Å². The van der Waals surface area contributed by atoms with Crippen molar-refractivity contribution in [3.8, 4) is 11.5 Å². The zero-order chi connectivity index (χ0) is 16.7. The van der Waals surface area contributed by atoms with Crippen molar-refractivity contribution in [3.63, 3.8) is 0 Å². The molecule has 4 rings (SSSR count). The van der Waals surface area contributed by atoms with Crippen LogP contribution in [0, 0.1) is 0 Å². The summed E-state index contributed by atoms with van der Waals surface area (Å²) in [5.41, 5.74) is 1.28. The molecule has 0 aromatic heterocycles. The molecule has 2 saturated heterocycles. The molecule has 1 aromatic rings. The highest BCUT2D eigenvalue weighted by Crippen LogP contribution is 2.43. The Morgan fingerprint density at radius 2 is 2.08 bits per heavy atom. The SMILES string of the molecule is CC[C@@H]1N(Cc2ccc3c(c2)OCO3)CCC[C@]12CCC(=O)N2C. The van der Waals surface area contributed by atoms with Crippen LogP contribution in [0.1, 0.15) is 44.6 Å². The molecule has 1 aromatic carbocycles. The van der Waals surface area contributed by atoms with Crippen LogP contribution in [-0.2, 0) is 11.3 Å². The highest BCUT2D eigenvalue weighted by molar-refractivity contribution is 5.79. The molecule has 3 aliphatic rings. The summed E-state index contributed by atoms with van der Waals surface area (Å²) in [7, 11) is 2.00. The number of carbonyl (C=O) groups is 1. The van der Waals surface area contributed by atoms with Crippen LogP contribution in [0.3, 0.4) is 0 Å². The molecule has 0 aliphatic carbocycles. The Kier molecular flexibility index (Phi) is 3.91. The summed E-state index contributed by atoms with van der Waals surface area (Å²) in [5, 5.41) is 0. The van der Waals surface area contributed by atoms with Crippen molar-refractivity contribution in [2.24, 2.45) is 0 Å². The van der Waals surface area contributed by atoms with E-state index in [0.717, 1.165) is 50.3 Å². The Balaban J connectivity index is 1.57. The highest BCUT2D eigenvalue weighted by atomic mass is 16.7. The minimum absolute atomic E-state index is 0.0282. The fourth-order valence-corrected chi connectivity index (χ4v) is 4.94. The third-order valence-corrected chi connectivity index (χ3v) is 6.14. The van der Waals surface area contributed by atoms with Crippen LogP contribution in [0.2, 0.25) is 0 Å². The van der Waals surface area contributed by atoms with Gasteiger partial charge in [-0.05, 0) is 49.9 Å². The Hall–Kier alpha value is -1.75. The highest BCUT2D eigenvalue weighted by Gasteiger charge is 2.51. The second kappa shape index (κ2) is 5.96. The molecule has 0 saturated carbocycles. The molecular formula is C19H26N2O3. The Labute approximate surface area is 143 Å². The normalized spacial score (nSPS) is 29.7. The van der Waals surface area contributed by atoms with Crippen LogP contribution < -0.4 is 9.47 Å². The van der Waals surface area contributed by atoms with E-state index in [1.165, 1.54) is 5.56 Å². The molecule has 3 heterocycles. The number of carbonyl (C=O) groups excluding carboxylic acids is 1. The van der Waals surface area contributed by atoms with E-state index in [0.29, 0.717) is 25.2 Å². The number of amides is 1. The summed E-state index contributed by atoms with van der Waals surface area (Å²) < 4.78 is 10.9. The molecule has 130 valence electrons. The van der Waals surface area contributed by atoms with Gasteiger partial charge in [0, 0.05) is 26.1 Å². The van der Waals surface area contributed by atoms with Crippen LogP contribution in [-0.4, -0.2) is 47.7 Å². The van der Waals surface area contributed by atoms with Crippen molar-refractivity contribution in [2.45, 2.75) is 57.2 Å². The maximum atomic E-state index is 12.2. The van der Waals surface area contributed by atoms with E-state index in [9.17, 15) is 4.79 Å². The van der Waals surface area contributed by atoms with E-state index in [4.69, 9.17) is 9.47 Å². The van der Waals surface area contributed by atoms with Crippen LogP contribution in [0.25, 0.3) is 0 Å². The lowest BCUT2D eigenvalue weighted by atomic mass is 9.77. The summed E-state index contributed by atoms with van der Waals surface area (Å²) in [4.78, 5) is 16.8. The van der Waals surface area contributed by atoms with E-state index < -0.39 is 0 Å². The van der Waals surface area contributed by atoms with Crippen LogP contribution in [0.4, 0.5) is 0 Å². The Morgan fingerprint density at radius 3 is 2.83 bits per heavy atom. The van der Waals surface area contributed by atoms with Crippen molar-refractivity contribution in [2.75, 3.05) is 20.4 Å². The van der Waals surface area contributed by atoms with Crippen LogP contribution >= 0.6 is 0 Å². The van der Waals surface area contributed by atoms with Crippen molar-refractivity contribution >= 4 is 5.91 Å². The summed E-state index contributed by atoms with van der Waals surface area (Å²) in [5.74, 6) is 1.99. The van der Waals surface area contributed by atoms with Gasteiger partial charge in [-0.1, -0.05) is 13.0 Å². The van der Waals surface area contributed by atoms with Gasteiger partial charge in [0.15, 0.2) is 11.5 Å². The molecule has 5 nitrogen and oxygen atoms in total. The predicted molar refractivity (Wildman–Crippen MR) is 91.0 cm³/mol. The number of hydrogen-bond acceptors (Lipinski definition) is 4. The fourth-order valence-electron chi connectivity index (χ4n) is 4.94. The number of benzene rings is 1. The Bertz CT molecular complexity index is 647. The third-order valence-electron chi connectivity index (χ3n) is 6.14. The molecule has 1 spiro atoms. The maximum Gasteiger partial charge on any atom is 0.231 e. The molecule has 5 heteroatoms. The number of hydrogen-bond donors (Lipinski definition) is 0. The minimum Gasteiger partial charge on any atom is -0.454 e. The number of likely N-dealkylation sites (N-methyl/N-ethyl adjacent to an activating group) is 1. The van der Waals surface area contributed by atoms with Gasteiger partial charge < -0.3 is 14.4 Å². The standard InChI is InChI=1S/C19H26N2O3/c1-3-17-19(9-7-18(22)20(19)2)8-4-10-21(17)12-14-5-6-15-16(11-14)24-13-23-15/h5-6,11,17H,3-4,7-10,12-13H2,1-2H3/t17-,19-/m0/s1. The maximum absolute atomic E-state index is 12.2. The average molecular weight is 330 g/mol. The summed E-state index contributed by atoms with van der Waals surface area (Å²) in [6, 6.07) is 6.65. The van der Waals surface area contributed by atoms with Gasteiger partial charge in [0.1, 0.15) is 0 Å². The van der Waals surface area contributed by atoms with Gasteiger partial charge in [0.2, 0.25) is 12.7 Å². The van der Waals surface area contributed by atoms with Crippen molar-refractivity contribution in [3.05, 3.63) is 23.8 Å². The van der Waals surface area contributed by atoms with Gasteiger partial charge in [0.25, 0.3) is 0 Å². The van der Waals surface area contributed by atoms with Crippen LogP contribution in [0.5, 0.6) is 11.5 Å². The lowest BCUT2D eigenvalue weighted by Gasteiger charge is -2.51. The molecule has 2 fully saturated rings. The predicted octanol–water partition coefficient (Wildman–Crippen LogP) is 2.78. The average Bonchev–Trinajstić information content (AvgIpc) is 3.16. The number of rotatable bonds is 3. The molecule has 0 radical (unpaired) electrons. The first-order valence-corrected chi connectivity index (χ1v) is 9.03. The monoisotopic (exact) mass is 330 g/mol. The van der Waals surface area contributed by atoms with Crippen LogP contribution in [0.15, 0.2) is 18.2 Å². The molecule has 0 unspecified atom stereocenters. The van der Waals surface area contributed by atoms with Crippen molar-refractivity contribution in [1.29, 1.82) is 0 Å². The molecule has 1 amide bonds. The summed E-state index contributed by atoms with van der Waals surface area (Å²) in [6.07, 6.45) is 5.05. The largest absolute Gasteiger partial charge is 0.454 e. The third kappa shape index (κ3) is 2.37. The molecule has 0 N–H and O–H groups in total. The van der Waals surface area contributed by atoms with Gasteiger partial charge in [-0.2, -0.15) is 0 Å². The van der Waals surface area contributed by atoms with Gasteiger partial charge in [0.05, 0.1) is 5.54 Å². The quantitative estimate of drug-likeness (QED) is 0.855. The van der Waals surface area contributed by atoms with Gasteiger partial charge in [-0.25, -0.2) is 0 Å². The summed E-state index contributed by atoms with van der Waals surface area (Å²) in [6.45, 7) is 4.56. The van der Waals surface area contributed by atoms with Gasteiger partial charge in [-0.3, -0.25) is 9.69 Å². The lowest BCUT2D eigenvalue weighted by molar-refractivity contribution is -0.133. The number of piperidine rings is 1. The molecule has 0 bridgehead atoms. The number of ether oxygens (including phenoxy) is 2. The molecule has 24 heavy (non-hydrogen) atoms. The van der Waals surface area contributed by atoms with E-state index in [2.05, 4.69) is 24.0 Å². The van der Waals surface area contributed by atoms with E-state index in [1.807, 2.05) is 18.0 Å². The lowest BCUT2D eigenvalue weighted by Crippen LogP contribution is -2.61. The second-order valence-corrected chi connectivity index (χ2v) is 7.24. The molecule has 3 aliphatic heterocycles. The first kappa shape index (κ1) is 15.8. The van der Waals surface area contributed by atoms with Crippen molar-refractivity contribution < 1.29 is 14.3 Å². The summed E-state index contributed by atoms with van der Waals surface area (Å²) >= 11 is 0. The smallest absolute Gasteiger partial charge is 0.231 e. The number of fused-ring (bicyclic) bond motifs is 1. The molecular weight excluding hydrogens is 304 g/mol. The topological polar surface area (TPSA) is 42.0 Å². The fraction of sp³-hybridized carbons (Fsp3) is 0.632.